The first kappa shape index (κ1) is 13.0. The number of hydrogen-bond acceptors (Lipinski definition) is 1. The SMILES string of the molecule is CCCC(C)(CCC(C)C)NCC. The van der Waals surface area contributed by atoms with Crippen LogP contribution in [0.1, 0.15) is 60.3 Å². The van der Waals surface area contributed by atoms with E-state index in [9.17, 15) is 0 Å². The average molecular weight is 185 g/mol. The Balaban J connectivity index is 3.91. The van der Waals surface area contributed by atoms with E-state index in [4.69, 9.17) is 0 Å². The molecule has 0 aliphatic rings. The fourth-order valence-electron chi connectivity index (χ4n) is 1.89. The summed E-state index contributed by atoms with van der Waals surface area (Å²) < 4.78 is 0. The van der Waals surface area contributed by atoms with E-state index in [0.717, 1.165) is 12.5 Å². The molecule has 1 heteroatoms. The molecule has 80 valence electrons. The van der Waals surface area contributed by atoms with Crippen LogP contribution in [0.5, 0.6) is 0 Å². The van der Waals surface area contributed by atoms with Crippen molar-refractivity contribution in [3.8, 4) is 0 Å². The first-order chi connectivity index (χ1) is 6.04. The van der Waals surface area contributed by atoms with Gasteiger partial charge in [-0.25, -0.2) is 0 Å². The molecule has 0 aromatic rings. The molecule has 0 aliphatic heterocycles. The molecule has 13 heavy (non-hydrogen) atoms. The van der Waals surface area contributed by atoms with Crippen molar-refractivity contribution in [3.05, 3.63) is 0 Å². The van der Waals surface area contributed by atoms with Gasteiger partial charge < -0.3 is 5.32 Å². The zero-order valence-corrected chi connectivity index (χ0v) is 10.1. The maximum Gasteiger partial charge on any atom is 0.0153 e. The summed E-state index contributed by atoms with van der Waals surface area (Å²) in [6.45, 7) is 12.5. The van der Waals surface area contributed by atoms with Crippen molar-refractivity contribution in [2.45, 2.75) is 65.8 Å². The fraction of sp³-hybridized carbons (Fsp3) is 1.00. The highest BCUT2D eigenvalue weighted by Gasteiger charge is 2.21. The Labute approximate surface area is 84.3 Å². The standard InChI is InChI=1S/C12H27N/c1-6-9-12(5,13-7-2)10-8-11(3)4/h11,13H,6-10H2,1-5H3. The summed E-state index contributed by atoms with van der Waals surface area (Å²) in [6, 6.07) is 0. The van der Waals surface area contributed by atoms with Gasteiger partial charge in [0.15, 0.2) is 0 Å². The molecule has 0 aromatic carbocycles. The first-order valence-corrected chi connectivity index (χ1v) is 5.79. The Morgan fingerprint density at radius 3 is 2.15 bits per heavy atom. The lowest BCUT2D eigenvalue weighted by atomic mass is 9.88. The van der Waals surface area contributed by atoms with Gasteiger partial charge in [-0.2, -0.15) is 0 Å². The van der Waals surface area contributed by atoms with Crippen molar-refractivity contribution in [1.29, 1.82) is 0 Å². The van der Waals surface area contributed by atoms with Crippen molar-refractivity contribution in [1.82, 2.24) is 5.32 Å². The second-order valence-corrected chi connectivity index (χ2v) is 4.77. The third kappa shape index (κ3) is 6.09. The monoisotopic (exact) mass is 185 g/mol. The molecule has 1 N–H and O–H groups in total. The van der Waals surface area contributed by atoms with Gasteiger partial charge in [0.2, 0.25) is 0 Å². The van der Waals surface area contributed by atoms with Crippen LogP contribution < -0.4 is 5.32 Å². The molecule has 0 aliphatic carbocycles. The second kappa shape index (κ2) is 6.42. The minimum absolute atomic E-state index is 0.383. The zero-order chi connectivity index (χ0) is 10.3. The largest absolute Gasteiger partial charge is 0.312 e. The zero-order valence-electron chi connectivity index (χ0n) is 10.1. The van der Waals surface area contributed by atoms with Gasteiger partial charge in [-0.05, 0) is 38.6 Å². The van der Waals surface area contributed by atoms with Crippen LogP contribution in [0.3, 0.4) is 0 Å². The van der Waals surface area contributed by atoms with E-state index in [-0.39, 0.29) is 0 Å². The number of nitrogens with one attached hydrogen (secondary N) is 1. The summed E-state index contributed by atoms with van der Waals surface area (Å²) >= 11 is 0. The lowest BCUT2D eigenvalue weighted by Crippen LogP contribution is -2.42. The third-order valence-electron chi connectivity index (χ3n) is 2.68. The van der Waals surface area contributed by atoms with Crippen LogP contribution in [-0.4, -0.2) is 12.1 Å². The van der Waals surface area contributed by atoms with Gasteiger partial charge in [0.1, 0.15) is 0 Å². The molecular weight excluding hydrogens is 158 g/mol. The van der Waals surface area contributed by atoms with Crippen LogP contribution in [0.4, 0.5) is 0 Å². The highest BCUT2D eigenvalue weighted by molar-refractivity contribution is 4.82. The first-order valence-electron chi connectivity index (χ1n) is 5.79. The van der Waals surface area contributed by atoms with Crippen LogP contribution in [-0.2, 0) is 0 Å². The molecule has 0 saturated heterocycles. The van der Waals surface area contributed by atoms with Crippen molar-refractivity contribution >= 4 is 0 Å². The Bertz CT molecular complexity index is 112. The molecule has 0 aromatic heterocycles. The van der Waals surface area contributed by atoms with Gasteiger partial charge in [-0.15, -0.1) is 0 Å². The lowest BCUT2D eigenvalue weighted by Gasteiger charge is -2.31. The molecule has 0 spiro atoms. The molecule has 1 nitrogen and oxygen atoms in total. The van der Waals surface area contributed by atoms with Crippen LogP contribution in [0, 0.1) is 5.92 Å². The topological polar surface area (TPSA) is 12.0 Å². The maximum absolute atomic E-state index is 3.62. The van der Waals surface area contributed by atoms with Crippen molar-refractivity contribution in [2.75, 3.05) is 6.54 Å². The Morgan fingerprint density at radius 1 is 1.15 bits per heavy atom. The minimum atomic E-state index is 0.383. The van der Waals surface area contributed by atoms with E-state index >= 15 is 0 Å². The van der Waals surface area contributed by atoms with E-state index in [2.05, 4.69) is 39.9 Å². The Kier molecular flexibility index (Phi) is 6.40. The van der Waals surface area contributed by atoms with Crippen LogP contribution in [0.15, 0.2) is 0 Å². The summed E-state index contributed by atoms with van der Waals surface area (Å²) in [4.78, 5) is 0. The molecule has 1 atom stereocenters. The summed E-state index contributed by atoms with van der Waals surface area (Å²) in [6.07, 6.45) is 5.23. The van der Waals surface area contributed by atoms with E-state index in [1.54, 1.807) is 0 Å². The Hall–Kier alpha value is -0.0400. The van der Waals surface area contributed by atoms with E-state index < -0.39 is 0 Å². The summed E-state index contributed by atoms with van der Waals surface area (Å²) in [7, 11) is 0. The number of hydrogen-bond donors (Lipinski definition) is 1. The lowest BCUT2D eigenvalue weighted by molar-refractivity contribution is 0.289. The van der Waals surface area contributed by atoms with E-state index in [0.29, 0.717) is 5.54 Å². The predicted octanol–water partition coefficient (Wildman–Crippen LogP) is 3.59. The summed E-state index contributed by atoms with van der Waals surface area (Å²) in [5.41, 5.74) is 0.383. The smallest absolute Gasteiger partial charge is 0.0153 e. The molecule has 0 fully saturated rings. The molecule has 0 radical (unpaired) electrons. The molecule has 0 rings (SSSR count). The minimum Gasteiger partial charge on any atom is -0.312 e. The van der Waals surface area contributed by atoms with Crippen LogP contribution >= 0.6 is 0 Å². The van der Waals surface area contributed by atoms with E-state index in [1.807, 2.05) is 0 Å². The van der Waals surface area contributed by atoms with Gasteiger partial charge in [0.05, 0.1) is 0 Å². The predicted molar refractivity (Wildman–Crippen MR) is 61.1 cm³/mol. The van der Waals surface area contributed by atoms with Crippen molar-refractivity contribution in [3.63, 3.8) is 0 Å². The highest BCUT2D eigenvalue weighted by atomic mass is 14.9. The third-order valence-corrected chi connectivity index (χ3v) is 2.68. The average Bonchev–Trinajstić information content (AvgIpc) is 2.02. The van der Waals surface area contributed by atoms with Crippen LogP contribution in [0.2, 0.25) is 0 Å². The highest BCUT2D eigenvalue weighted by Crippen LogP contribution is 2.21. The Morgan fingerprint density at radius 2 is 1.77 bits per heavy atom. The van der Waals surface area contributed by atoms with Gasteiger partial charge >= 0.3 is 0 Å². The second-order valence-electron chi connectivity index (χ2n) is 4.77. The summed E-state index contributed by atoms with van der Waals surface area (Å²) in [5.74, 6) is 0.829. The molecule has 0 amide bonds. The van der Waals surface area contributed by atoms with Crippen LogP contribution in [0.25, 0.3) is 0 Å². The molecule has 1 unspecified atom stereocenters. The molecular formula is C12H27N. The van der Waals surface area contributed by atoms with E-state index in [1.165, 1.54) is 25.7 Å². The van der Waals surface area contributed by atoms with Crippen molar-refractivity contribution < 1.29 is 0 Å². The van der Waals surface area contributed by atoms with Gasteiger partial charge in [0, 0.05) is 5.54 Å². The van der Waals surface area contributed by atoms with Gasteiger partial charge in [-0.1, -0.05) is 34.1 Å². The molecule has 0 saturated carbocycles. The molecule has 0 bridgehead atoms. The van der Waals surface area contributed by atoms with Gasteiger partial charge in [-0.3, -0.25) is 0 Å². The molecule has 0 heterocycles. The fourth-order valence-corrected chi connectivity index (χ4v) is 1.89. The van der Waals surface area contributed by atoms with Gasteiger partial charge in [0.25, 0.3) is 0 Å². The van der Waals surface area contributed by atoms with Crippen molar-refractivity contribution in [2.24, 2.45) is 5.92 Å². The summed E-state index contributed by atoms with van der Waals surface area (Å²) in [5, 5.41) is 3.62. The normalized spacial score (nSPS) is 16.2. The quantitative estimate of drug-likeness (QED) is 0.639. The maximum atomic E-state index is 3.62. The number of rotatable bonds is 7.